The fourth-order valence-electron chi connectivity index (χ4n) is 0.926. The van der Waals surface area contributed by atoms with Crippen molar-refractivity contribution in [1.82, 2.24) is 4.98 Å². The molecule has 0 amide bonds. The van der Waals surface area contributed by atoms with Gasteiger partial charge in [0.2, 0.25) is 0 Å². The first kappa shape index (κ1) is 9.23. The molecule has 0 saturated heterocycles. The number of aliphatic hydroxyl groups excluding tert-OH is 1. The second-order valence-corrected chi connectivity index (χ2v) is 2.31. The highest BCUT2D eigenvalue weighted by Gasteiger charge is 2.10. The number of terminal acetylenes is 1. The molecule has 2 N–H and O–H groups in total. The van der Waals surface area contributed by atoms with Crippen LogP contribution in [0.4, 0.5) is 0 Å². The summed E-state index contributed by atoms with van der Waals surface area (Å²) >= 11 is 0. The normalized spacial score (nSPS) is 9.23. The molecule has 0 aromatic carbocycles. The lowest BCUT2D eigenvalue weighted by molar-refractivity contribution is 0.111. The Balaban J connectivity index is 3.42. The molecule has 1 heterocycles. The van der Waals surface area contributed by atoms with Gasteiger partial charge in [-0.3, -0.25) is 4.79 Å². The maximum atomic E-state index is 10.4. The van der Waals surface area contributed by atoms with Crippen LogP contribution in [0.3, 0.4) is 0 Å². The molecule has 0 atom stereocenters. The van der Waals surface area contributed by atoms with Gasteiger partial charge in [0, 0.05) is 17.3 Å². The quantitative estimate of drug-likeness (QED) is 0.495. The standard InChI is InChI=1S/C9H7NO3/c1-2-8-9(13)7(5-12)6(4-11)3-10-8/h1,3-4,12-13H,5H2. The summed E-state index contributed by atoms with van der Waals surface area (Å²) in [4.78, 5) is 14.1. The second-order valence-electron chi connectivity index (χ2n) is 2.31. The Morgan fingerprint density at radius 2 is 2.38 bits per heavy atom. The van der Waals surface area contributed by atoms with Crippen molar-refractivity contribution in [1.29, 1.82) is 0 Å². The molecule has 13 heavy (non-hydrogen) atoms. The molecule has 0 bridgehead atoms. The van der Waals surface area contributed by atoms with E-state index in [1.54, 1.807) is 0 Å². The second kappa shape index (κ2) is 3.70. The first-order valence-electron chi connectivity index (χ1n) is 3.48. The highest BCUT2D eigenvalue weighted by atomic mass is 16.3. The van der Waals surface area contributed by atoms with Crippen molar-refractivity contribution in [2.24, 2.45) is 0 Å². The molecule has 4 heteroatoms. The highest BCUT2D eigenvalue weighted by molar-refractivity contribution is 5.78. The number of hydrogen-bond donors (Lipinski definition) is 2. The lowest BCUT2D eigenvalue weighted by Gasteiger charge is -2.04. The number of rotatable bonds is 2. The van der Waals surface area contributed by atoms with Crippen LogP contribution in [0.15, 0.2) is 6.20 Å². The van der Waals surface area contributed by atoms with Gasteiger partial charge in [-0.15, -0.1) is 6.42 Å². The molecule has 0 unspecified atom stereocenters. The van der Waals surface area contributed by atoms with Crippen LogP contribution in [0.25, 0.3) is 0 Å². The van der Waals surface area contributed by atoms with E-state index in [4.69, 9.17) is 11.5 Å². The van der Waals surface area contributed by atoms with Crippen LogP contribution >= 0.6 is 0 Å². The predicted octanol–water partition coefficient (Wildman–Crippen LogP) is 0.0733. The van der Waals surface area contributed by atoms with E-state index in [-0.39, 0.29) is 22.6 Å². The van der Waals surface area contributed by atoms with Crippen molar-refractivity contribution in [2.75, 3.05) is 0 Å². The molecular weight excluding hydrogens is 170 g/mol. The fraction of sp³-hybridized carbons (Fsp3) is 0.111. The summed E-state index contributed by atoms with van der Waals surface area (Å²) < 4.78 is 0. The van der Waals surface area contributed by atoms with E-state index in [2.05, 4.69) is 10.9 Å². The smallest absolute Gasteiger partial charge is 0.156 e. The van der Waals surface area contributed by atoms with Crippen molar-refractivity contribution in [3.05, 3.63) is 23.0 Å². The van der Waals surface area contributed by atoms with Gasteiger partial charge in [-0.25, -0.2) is 4.98 Å². The predicted molar refractivity (Wildman–Crippen MR) is 45.1 cm³/mol. The average molecular weight is 177 g/mol. The van der Waals surface area contributed by atoms with Gasteiger partial charge in [-0.1, -0.05) is 0 Å². The SMILES string of the molecule is C#Cc1ncc(C=O)c(CO)c1O. The zero-order valence-corrected chi connectivity index (χ0v) is 6.69. The van der Waals surface area contributed by atoms with Crippen LogP contribution in [0.2, 0.25) is 0 Å². The van der Waals surface area contributed by atoms with Gasteiger partial charge >= 0.3 is 0 Å². The number of aromatic hydroxyl groups is 1. The van der Waals surface area contributed by atoms with E-state index in [0.29, 0.717) is 6.29 Å². The van der Waals surface area contributed by atoms with Gasteiger partial charge in [-0.05, 0) is 5.92 Å². The fourth-order valence-corrected chi connectivity index (χ4v) is 0.926. The summed E-state index contributed by atoms with van der Waals surface area (Å²) in [5, 5.41) is 18.2. The third-order valence-corrected chi connectivity index (χ3v) is 1.61. The number of aliphatic hydroxyl groups is 1. The lowest BCUT2D eigenvalue weighted by atomic mass is 10.1. The first-order valence-corrected chi connectivity index (χ1v) is 3.48. The van der Waals surface area contributed by atoms with E-state index < -0.39 is 6.61 Å². The molecule has 66 valence electrons. The third kappa shape index (κ3) is 1.50. The Morgan fingerprint density at radius 1 is 1.69 bits per heavy atom. The van der Waals surface area contributed by atoms with Gasteiger partial charge in [0.05, 0.1) is 6.61 Å². The van der Waals surface area contributed by atoms with Gasteiger partial charge in [0.15, 0.2) is 17.7 Å². The molecule has 0 fully saturated rings. The summed E-state index contributed by atoms with van der Waals surface area (Å²) in [6.45, 7) is -0.447. The van der Waals surface area contributed by atoms with Crippen LogP contribution in [0, 0.1) is 12.3 Å². The van der Waals surface area contributed by atoms with Crippen molar-refractivity contribution in [3.8, 4) is 18.1 Å². The van der Waals surface area contributed by atoms with Gasteiger partial charge < -0.3 is 10.2 Å². The molecule has 0 radical (unpaired) electrons. The van der Waals surface area contributed by atoms with Crippen LogP contribution in [0.1, 0.15) is 21.6 Å². The molecule has 0 aliphatic rings. The maximum absolute atomic E-state index is 10.4. The monoisotopic (exact) mass is 177 g/mol. The zero-order chi connectivity index (χ0) is 9.84. The number of carbonyl (C=O) groups is 1. The molecular formula is C9H7NO3. The van der Waals surface area contributed by atoms with E-state index in [0.717, 1.165) is 0 Å². The Bertz CT molecular complexity index is 379. The minimum Gasteiger partial charge on any atom is -0.505 e. The topological polar surface area (TPSA) is 70.4 Å². The molecule has 0 spiro atoms. The number of aromatic nitrogens is 1. The van der Waals surface area contributed by atoms with Crippen LogP contribution in [0.5, 0.6) is 5.75 Å². The number of nitrogens with zero attached hydrogens (tertiary/aromatic N) is 1. The van der Waals surface area contributed by atoms with E-state index in [1.165, 1.54) is 6.20 Å². The molecule has 4 nitrogen and oxygen atoms in total. The first-order chi connectivity index (χ1) is 6.24. The molecule has 1 aromatic heterocycles. The minimum atomic E-state index is -0.447. The van der Waals surface area contributed by atoms with E-state index >= 15 is 0 Å². The summed E-state index contributed by atoms with van der Waals surface area (Å²) in [5.74, 6) is 1.82. The summed E-state index contributed by atoms with van der Waals surface area (Å²) in [5.41, 5.74) is 0.270. The molecule has 0 saturated carbocycles. The van der Waals surface area contributed by atoms with Crippen LogP contribution in [-0.2, 0) is 6.61 Å². The largest absolute Gasteiger partial charge is 0.505 e. The van der Waals surface area contributed by atoms with Crippen molar-refractivity contribution < 1.29 is 15.0 Å². The van der Waals surface area contributed by atoms with Gasteiger partial charge in [0.25, 0.3) is 0 Å². The Morgan fingerprint density at radius 3 is 2.85 bits per heavy atom. The van der Waals surface area contributed by atoms with E-state index in [9.17, 15) is 9.90 Å². The Kier molecular flexibility index (Phi) is 2.62. The van der Waals surface area contributed by atoms with Crippen molar-refractivity contribution in [3.63, 3.8) is 0 Å². The maximum Gasteiger partial charge on any atom is 0.156 e. The average Bonchev–Trinajstić information content (AvgIpc) is 2.17. The van der Waals surface area contributed by atoms with Gasteiger partial charge in [-0.2, -0.15) is 0 Å². The molecule has 0 aliphatic heterocycles. The lowest BCUT2D eigenvalue weighted by Crippen LogP contribution is -1.97. The summed E-state index contributed by atoms with van der Waals surface area (Å²) in [7, 11) is 0. The number of aldehydes is 1. The van der Waals surface area contributed by atoms with E-state index in [1.807, 2.05) is 0 Å². The zero-order valence-electron chi connectivity index (χ0n) is 6.69. The molecule has 1 aromatic rings. The highest BCUT2D eigenvalue weighted by Crippen LogP contribution is 2.22. The Labute approximate surface area is 74.9 Å². The number of hydrogen-bond acceptors (Lipinski definition) is 4. The van der Waals surface area contributed by atoms with Crippen molar-refractivity contribution >= 4 is 6.29 Å². The van der Waals surface area contributed by atoms with Crippen molar-refractivity contribution in [2.45, 2.75) is 6.61 Å². The van der Waals surface area contributed by atoms with Crippen LogP contribution < -0.4 is 0 Å². The number of pyridine rings is 1. The Hall–Kier alpha value is -1.86. The minimum absolute atomic E-state index is 0.0228. The molecule has 0 aliphatic carbocycles. The third-order valence-electron chi connectivity index (χ3n) is 1.61. The summed E-state index contributed by atoms with van der Waals surface area (Å²) in [6, 6.07) is 0. The van der Waals surface area contributed by atoms with Gasteiger partial charge in [0.1, 0.15) is 0 Å². The molecule has 1 rings (SSSR count). The van der Waals surface area contributed by atoms with Crippen LogP contribution in [-0.4, -0.2) is 21.5 Å². The number of carbonyl (C=O) groups excluding carboxylic acids is 1. The summed E-state index contributed by atoms with van der Waals surface area (Å²) in [6.07, 6.45) is 6.74.